The molecule has 0 aliphatic heterocycles. The van der Waals surface area contributed by atoms with Crippen LogP contribution in [0.5, 0.6) is 0 Å². The number of nitrogens with zero attached hydrogens (tertiary/aromatic N) is 3. The minimum atomic E-state index is 0.749. The highest BCUT2D eigenvalue weighted by Crippen LogP contribution is 2.18. The number of hydrogen-bond acceptors (Lipinski definition) is 4. The predicted molar refractivity (Wildman–Crippen MR) is 75.8 cm³/mol. The van der Waals surface area contributed by atoms with Gasteiger partial charge in [0.15, 0.2) is 0 Å². The predicted octanol–water partition coefficient (Wildman–Crippen LogP) is 2.33. The second-order valence-electron chi connectivity index (χ2n) is 4.46. The molecule has 0 bridgehead atoms. The molecule has 0 amide bonds. The number of aryl methyl sites for hydroxylation is 2. The molecule has 0 saturated carbocycles. The molecule has 2 aromatic rings. The van der Waals surface area contributed by atoms with Gasteiger partial charge in [-0.25, -0.2) is 4.98 Å². The fourth-order valence-corrected chi connectivity index (χ4v) is 1.95. The Bertz CT molecular complexity index is 536. The van der Waals surface area contributed by atoms with Crippen LogP contribution in [0, 0.1) is 13.8 Å². The molecule has 0 saturated heterocycles. The largest absolute Gasteiger partial charge is 0.385 e. The SMILES string of the molecule is COCCCNc1nc(C)cn1-c1cccnc1C. The number of rotatable bonds is 6. The lowest BCUT2D eigenvalue weighted by Crippen LogP contribution is -2.10. The van der Waals surface area contributed by atoms with E-state index >= 15 is 0 Å². The summed E-state index contributed by atoms with van der Waals surface area (Å²) >= 11 is 0. The summed E-state index contributed by atoms with van der Waals surface area (Å²) in [6.07, 6.45) is 4.77. The first-order chi connectivity index (χ1) is 9.22. The van der Waals surface area contributed by atoms with Crippen LogP contribution in [-0.2, 0) is 4.74 Å². The molecule has 0 radical (unpaired) electrons. The number of imidazole rings is 1. The van der Waals surface area contributed by atoms with Crippen LogP contribution in [0.1, 0.15) is 17.8 Å². The van der Waals surface area contributed by atoms with Crippen molar-refractivity contribution >= 4 is 5.95 Å². The van der Waals surface area contributed by atoms with E-state index in [-0.39, 0.29) is 0 Å². The summed E-state index contributed by atoms with van der Waals surface area (Å²) in [4.78, 5) is 8.83. The van der Waals surface area contributed by atoms with E-state index in [2.05, 4.69) is 15.3 Å². The molecule has 0 aliphatic carbocycles. The lowest BCUT2D eigenvalue weighted by Gasteiger charge is -2.11. The third-order valence-electron chi connectivity index (χ3n) is 2.87. The summed E-state index contributed by atoms with van der Waals surface area (Å²) in [7, 11) is 1.71. The molecule has 0 spiro atoms. The van der Waals surface area contributed by atoms with Crippen LogP contribution in [-0.4, -0.2) is 34.8 Å². The van der Waals surface area contributed by atoms with E-state index in [4.69, 9.17) is 4.74 Å². The van der Waals surface area contributed by atoms with Gasteiger partial charge in [-0.1, -0.05) is 0 Å². The van der Waals surface area contributed by atoms with Gasteiger partial charge in [-0.15, -0.1) is 0 Å². The van der Waals surface area contributed by atoms with E-state index in [1.807, 2.05) is 36.7 Å². The van der Waals surface area contributed by atoms with E-state index in [0.717, 1.165) is 42.6 Å². The standard InChI is InChI=1S/C14H20N4O/c1-11-10-18(13-6-4-7-15-12(13)2)14(17-11)16-8-5-9-19-3/h4,6-7,10H,5,8-9H2,1-3H3,(H,16,17). The zero-order valence-corrected chi connectivity index (χ0v) is 11.7. The molecule has 0 atom stereocenters. The van der Waals surface area contributed by atoms with Crippen LogP contribution in [0.2, 0.25) is 0 Å². The van der Waals surface area contributed by atoms with E-state index in [9.17, 15) is 0 Å². The molecule has 5 nitrogen and oxygen atoms in total. The number of pyridine rings is 1. The van der Waals surface area contributed by atoms with E-state index < -0.39 is 0 Å². The third kappa shape index (κ3) is 3.32. The maximum atomic E-state index is 5.04. The van der Waals surface area contributed by atoms with Crippen LogP contribution in [0.3, 0.4) is 0 Å². The van der Waals surface area contributed by atoms with E-state index in [1.165, 1.54) is 0 Å². The smallest absolute Gasteiger partial charge is 0.207 e. The van der Waals surface area contributed by atoms with Crippen molar-refractivity contribution in [3.63, 3.8) is 0 Å². The Morgan fingerprint density at radius 2 is 2.21 bits per heavy atom. The van der Waals surface area contributed by atoms with E-state index in [0.29, 0.717) is 0 Å². The molecule has 5 heteroatoms. The summed E-state index contributed by atoms with van der Waals surface area (Å²) in [6, 6.07) is 3.98. The number of anilines is 1. The summed E-state index contributed by atoms with van der Waals surface area (Å²) in [5, 5.41) is 3.34. The normalized spacial score (nSPS) is 10.7. The molecule has 2 heterocycles. The number of methoxy groups -OCH3 is 1. The number of nitrogens with one attached hydrogen (secondary N) is 1. The molecule has 102 valence electrons. The first-order valence-electron chi connectivity index (χ1n) is 6.43. The van der Waals surface area contributed by atoms with Crippen molar-refractivity contribution in [1.29, 1.82) is 0 Å². The van der Waals surface area contributed by atoms with Gasteiger partial charge in [-0.05, 0) is 32.4 Å². The molecule has 0 aliphatic rings. The average molecular weight is 260 g/mol. The number of hydrogen-bond donors (Lipinski definition) is 1. The van der Waals surface area contributed by atoms with Gasteiger partial charge in [-0.3, -0.25) is 9.55 Å². The summed E-state index contributed by atoms with van der Waals surface area (Å²) in [5.41, 5.74) is 3.02. The highest BCUT2D eigenvalue weighted by atomic mass is 16.5. The second-order valence-corrected chi connectivity index (χ2v) is 4.46. The Labute approximate surface area is 113 Å². The van der Waals surface area contributed by atoms with E-state index in [1.54, 1.807) is 13.3 Å². The topological polar surface area (TPSA) is 52.0 Å². The number of aromatic nitrogens is 3. The zero-order chi connectivity index (χ0) is 13.7. The van der Waals surface area contributed by atoms with Crippen molar-refractivity contribution in [3.8, 4) is 5.69 Å². The van der Waals surface area contributed by atoms with Crippen LogP contribution >= 0.6 is 0 Å². The zero-order valence-electron chi connectivity index (χ0n) is 11.7. The first-order valence-corrected chi connectivity index (χ1v) is 6.43. The molecular formula is C14H20N4O. The summed E-state index contributed by atoms with van der Waals surface area (Å²) < 4.78 is 7.09. The summed E-state index contributed by atoms with van der Waals surface area (Å²) in [5.74, 6) is 0.852. The Morgan fingerprint density at radius 3 is 2.95 bits per heavy atom. The van der Waals surface area contributed by atoms with Crippen molar-refractivity contribution < 1.29 is 4.74 Å². The van der Waals surface area contributed by atoms with Gasteiger partial charge in [0, 0.05) is 32.7 Å². The molecule has 19 heavy (non-hydrogen) atoms. The van der Waals surface area contributed by atoms with Crippen LogP contribution in [0.4, 0.5) is 5.95 Å². The highest BCUT2D eigenvalue weighted by Gasteiger charge is 2.09. The molecule has 2 aromatic heterocycles. The Kier molecular flexibility index (Phi) is 4.52. The Balaban J connectivity index is 2.19. The Hall–Kier alpha value is -1.88. The van der Waals surface area contributed by atoms with Crippen LogP contribution in [0.25, 0.3) is 5.69 Å². The fourth-order valence-electron chi connectivity index (χ4n) is 1.95. The molecule has 2 rings (SSSR count). The first kappa shape index (κ1) is 13.5. The van der Waals surface area contributed by atoms with Gasteiger partial charge in [0.1, 0.15) is 0 Å². The molecule has 0 aromatic carbocycles. The lowest BCUT2D eigenvalue weighted by atomic mass is 10.3. The van der Waals surface area contributed by atoms with Crippen molar-refractivity contribution in [2.24, 2.45) is 0 Å². The maximum Gasteiger partial charge on any atom is 0.207 e. The minimum Gasteiger partial charge on any atom is -0.385 e. The van der Waals surface area contributed by atoms with Gasteiger partial charge < -0.3 is 10.1 Å². The van der Waals surface area contributed by atoms with Crippen LogP contribution in [0.15, 0.2) is 24.5 Å². The van der Waals surface area contributed by atoms with Gasteiger partial charge >= 0.3 is 0 Å². The molecule has 0 fully saturated rings. The highest BCUT2D eigenvalue weighted by molar-refractivity contribution is 5.45. The molecule has 0 unspecified atom stereocenters. The van der Waals surface area contributed by atoms with Gasteiger partial charge in [0.2, 0.25) is 5.95 Å². The van der Waals surface area contributed by atoms with Crippen molar-refractivity contribution in [2.75, 3.05) is 25.6 Å². The fraction of sp³-hybridized carbons (Fsp3) is 0.429. The van der Waals surface area contributed by atoms with Gasteiger partial charge in [0.05, 0.1) is 17.1 Å². The number of ether oxygens (including phenoxy) is 1. The Morgan fingerprint density at radius 1 is 1.37 bits per heavy atom. The lowest BCUT2D eigenvalue weighted by molar-refractivity contribution is 0.197. The molecule has 1 N–H and O–H groups in total. The second kappa shape index (κ2) is 6.33. The van der Waals surface area contributed by atoms with Crippen molar-refractivity contribution in [2.45, 2.75) is 20.3 Å². The summed E-state index contributed by atoms with van der Waals surface area (Å²) in [6.45, 7) is 5.57. The van der Waals surface area contributed by atoms with Crippen molar-refractivity contribution in [1.82, 2.24) is 14.5 Å². The third-order valence-corrected chi connectivity index (χ3v) is 2.87. The average Bonchev–Trinajstić information content (AvgIpc) is 2.76. The van der Waals surface area contributed by atoms with Gasteiger partial charge in [0.25, 0.3) is 0 Å². The van der Waals surface area contributed by atoms with Gasteiger partial charge in [-0.2, -0.15) is 0 Å². The van der Waals surface area contributed by atoms with Crippen molar-refractivity contribution in [3.05, 3.63) is 35.9 Å². The quantitative estimate of drug-likeness (QED) is 0.810. The molecular weight excluding hydrogens is 240 g/mol. The minimum absolute atomic E-state index is 0.749. The maximum absolute atomic E-state index is 5.04. The monoisotopic (exact) mass is 260 g/mol. The van der Waals surface area contributed by atoms with Crippen LogP contribution < -0.4 is 5.32 Å².